The molecule has 1 heterocycles. The summed E-state index contributed by atoms with van der Waals surface area (Å²) in [6.45, 7) is 6.37. The lowest BCUT2D eigenvalue weighted by Crippen LogP contribution is -2.28. The van der Waals surface area contributed by atoms with E-state index in [1.807, 2.05) is 0 Å². The van der Waals surface area contributed by atoms with Crippen LogP contribution in [0, 0.1) is 6.92 Å². The Labute approximate surface area is 105 Å². The molecule has 102 valence electrons. The number of sulfonamides is 1. The monoisotopic (exact) mass is 277 g/mol. The number of hydrogen-bond acceptors (Lipinski definition) is 6. The van der Waals surface area contributed by atoms with Crippen molar-refractivity contribution in [2.75, 3.05) is 5.32 Å². The van der Waals surface area contributed by atoms with Gasteiger partial charge in [-0.15, -0.1) is 0 Å². The highest BCUT2D eigenvalue weighted by molar-refractivity contribution is 7.89. The zero-order valence-electron chi connectivity index (χ0n) is 10.5. The van der Waals surface area contributed by atoms with Crippen LogP contribution >= 0.6 is 0 Å². The molecule has 9 heteroatoms. The second-order valence-corrected chi connectivity index (χ2v) is 6.09. The second-order valence-electron chi connectivity index (χ2n) is 4.59. The van der Waals surface area contributed by atoms with Gasteiger partial charge in [0.25, 0.3) is 0 Å². The molecule has 1 aromatic rings. The van der Waals surface area contributed by atoms with E-state index in [4.69, 9.17) is 9.88 Å². The van der Waals surface area contributed by atoms with Gasteiger partial charge in [-0.2, -0.15) is 0 Å². The zero-order chi connectivity index (χ0) is 14.1. The number of primary sulfonamides is 1. The first kappa shape index (κ1) is 14.5. The predicted octanol–water partition coefficient (Wildman–Crippen LogP) is 0.977. The molecule has 0 aromatic carbocycles. The Morgan fingerprint density at radius 3 is 2.44 bits per heavy atom. The van der Waals surface area contributed by atoms with Crippen LogP contribution in [0.1, 0.15) is 26.5 Å². The van der Waals surface area contributed by atoms with Gasteiger partial charge in [-0.25, -0.2) is 18.4 Å². The number of hydrogen-bond donors (Lipinski definition) is 2. The second kappa shape index (κ2) is 4.58. The summed E-state index contributed by atoms with van der Waals surface area (Å²) in [4.78, 5) is 11.1. The first-order chi connectivity index (χ1) is 8.00. The maximum atomic E-state index is 11.5. The molecule has 3 N–H and O–H groups in total. The maximum Gasteiger partial charge on any atom is 0.413 e. The fourth-order valence-electron chi connectivity index (χ4n) is 1.18. The van der Waals surface area contributed by atoms with E-state index in [9.17, 15) is 13.2 Å². The van der Waals surface area contributed by atoms with Gasteiger partial charge in [0.2, 0.25) is 10.0 Å². The van der Waals surface area contributed by atoms with Gasteiger partial charge < -0.3 is 9.26 Å². The van der Waals surface area contributed by atoms with Crippen LogP contribution in [0.2, 0.25) is 0 Å². The van der Waals surface area contributed by atoms with E-state index in [-0.39, 0.29) is 16.5 Å². The van der Waals surface area contributed by atoms with Crippen LogP contribution in [0.5, 0.6) is 0 Å². The van der Waals surface area contributed by atoms with Gasteiger partial charge in [0, 0.05) is 0 Å². The SMILES string of the molecule is Cc1onc(NC(=O)OC(C)(C)C)c1S(N)(=O)=O. The molecule has 0 aliphatic rings. The molecule has 8 nitrogen and oxygen atoms in total. The molecule has 18 heavy (non-hydrogen) atoms. The van der Waals surface area contributed by atoms with Gasteiger partial charge in [-0.05, 0) is 27.7 Å². The number of nitrogens with zero attached hydrogens (tertiary/aromatic N) is 1. The summed E-state index contributed by atoms with van der Waals surface area (Å²) in [7, 11) is -4.04. The Hall–Kier alpha value is -1.61. The van der Waals surface area contributed by atoms with Crippen LogP contribution in [0.15, 0.2) is 9.42 Å². The zero-order valence-corrected chi connectivity index (χ0v) is 11.3. The molecular formula is C9H15N3O5S. The van der Waals surface area contributed by atoms with Crippen molar-refractivity contribution in [2.45, 2.75) is 38.2 Å². The molecule has 1 rings (SSSR count). The van der Waals surface area contributed by atoms with Gasteiger partial charge in [0.15, 0.2) is 16.5 Å². The minimum Gasteiger partial charge on any atom is -0.444 e. The molecule has 1 amide bonds. The standard InChI is InChI=1S/C9H15N3O5S/c1-5-6(18(10,14)15)7(12-17-5)11-8(13)16-9(2,3)4/h1-4H3,(H2,10,14,15)(H,11,12,13). The number of aryl methyl sites for hydroxylation is 1. The van der Waals surface area contributed by atoms with E-state index in [0.29, 0.717) is 0 Å². The highest BCUT2D eigenvalue weighted by Gasteiger charge is 2.26. The largest absolute Gasteiger partial charge is 0.444 e. The van der Waals surface area contributed by atoms with Gasteiger partial charge in [-0.3, -0.25) is 5.32 Å². The number of anilines is 1. The predicted molar refractivity (Wildman–Crippen MR) is 62.5 cm³/mol. The molecule has 0 spiro atoms. The highest BCUT2D eigenvalue weighted by Crippen LogP contribution is 2.23. The molecule has 0 saturated carbocycles. The number of nitrogens with one attached hydrogen (secondary N) is 1. The molecule has 0 unspecified atom stereocenters. The molecule has 0 aliphatic heterocycles. The van der Waals surface area contributed by atoms with Crippen molar-refractivity contribution in [2.24, 2.45) is 5.14 Å². The fourth-order valence-corrected chi connectivity index (χ4v) is 1.97. The van der Waals surface area contributed by atoms with Crippen molar-refractivity contribution in [3.63, 3.8) is 0 Å². The van der Waals surface area contributed by atoms with E-state index in [0.717, 1.165) is 0 Å². The average molecular weight is 277 g/mol. The van der Waals surface area contributed by atoms with Crippen molar-refractivity contribution < 1.29 is 22.5 Å². The molecule has 0 saturated heterocycles. The molecular weight excluding hydrogens is 262 g/mol. The minimum absolute atomic E-state index is 0.0106. The van der Waals surface area contributed by atoms with Crippen molar-refractivity contribution in [1.29, 1.82) is 0 Å². The summed E-state index contributed by atoms with van der Waals surface area (Å²) in [6, 6.07) is 0. The van der Waals surface area contributed by atoms with Crippen molar-refractivity contribution in [3.8, 4) is 0 Å². The van der Waals surface area contributed by atoms with Crippen LogP contribution in [0.25, 0.3) is 0 Å². The highest BCUT2D eigenvalue weighted by atomic mass is 32.2. The Balaban J connectivity index is 2.97. The number of amides is 1. The first-order valence-corrected chi connectivity index (χ1v) is 6.54. The lowest BCUT2D eigenvalue weighted by Gasteiger charge is -2.19. The van der Waals surface area contributed by atoms with Gasteiger partial charge in [-0.1, -0.05) is 5.16 Å². The number of nitrogens with two attached hydrogens (primary N) is 1. The van der Waals surface area contributed by atoms with Gasteiger partial charge >= 0.3 is 6.09 Å². The van der Waals surface area contributed by atoms with Crippen LogP contribution in [-0.2, 0) is 14.8 Å². The number of aromatic nitrogens is 1. The third kappa shape index (κ3) is 3.70. The Bertz CT molecular complexity index is 555. The van der Waals surface area contributed by atoms with E-state index in [2.05, 4.69) is 15.0 Å². The topological polar surface area (TPSA) is 125 Å². The number of carbonyl (C=O) groups is 1. The van der Waals surface area contributed by atoms with Crippen LogP contribution in [-0.4, -0.2) is 25.3 Å². The Morgan fingerprint density at radius 1 is 1.44 bits per heavy atom. The molecule has 1 aromatic heterocycles. The van der Waals surface area contributed by atoms with Crippen LogP contribution < -0.4 is 10.5 Å². The summed E-state index contributed by atoms with van der Waals surface area (Å²) in [5, 5.41) is 10.6. The lowest BCUT2D eigenvalue weighted by molar-refractivity contribution is 0.0634. The molecule has 0 atom stereocenters. The van der Waals surface area contributed by atoms with Crippen molar-refractivity contribution in [3.05, 3.63) is 5.76 Å². The van der Waals surface area contributed by atoms with E-state index < -0.39 is 21.7 Å². The van der Waals surface area contributed by atoms with E-state index in [1.165, 1.54) is 6.92 Å². The number of rotatable bonds is 2. The third-order valence-corrected chi connectivity index (χ3v) is 2.76. The summed E-state index contributed by atoms with van der Waals surface area (Å²) >= 11 is 0. The third-order valence-electron chi connectivity index (χ3n) is 1.71. The first-order valence-electron chi connectivity index (χ1n) is 5.00. The minimum atomic E-state index is -4.04. The van der Waals surface area contributed by atoms with Crippen molar-refractivity contribution in [1.82, 2.24) is 5.16 Å². The van der Waals surface area contributed by atoms with Crippen LogP contribution in [0.4, 0.5) is 10.6 Å². The quantitative estimate of drug-likeness (QED) is 0.830. The van der Waals surface area contributed by atoms with E-state index >= 15 is 0 Å². The summed E-state index contributed by atoms with van der Waals surface area (Å²) < 4.78 is 32.2. The summed E-state index contributed by atoms with van der Waals surface area (Å²) in [5.74, 6) is -0.298. The Kier molecular flexibility index (Phi) is 3.67. The fraction of sp³-hybridized carbons (Fsp3) is 0.556. The molecule has 0 radical (unpaired) electrons. The lowest BCUT2D eigenvalue weighted by atomic mass is 10.2. The van der Waals surface area contributed by atoms with Crippen LogP contribution in [0.3, 0.4) is 0 Å². The summed E-state index contributed by atoms with van der Waals surface area (Å²) in [5.41, 5.74) is -0.718. The average Bonchev–Trinajstić information content (AvgIpc) is 2.41. The number of ether oxygens (including phenoxy) is 1. The molecule has 0 aliphatic carbocycles. The number of carbonyl (C=O) groups excluding carboxylic acids is 1. The molecule has 0 fully saturated rings. The Morgan fingerprint density at radius 2 is 2.00 bits per heavy atom. The normalized spacial score (nSPS) is 12.3. The van der Waals surface area contributed by atoms with Gasteiger partial charge in [0.1, 0.15) is 5.60 Å². The smallest absolute Gasteiger partial charge is 0.413 e. The summed E-state index contributed by atoms with van der Waals surface area (Å²) in [6.07, 6.45) is -0.847. The van der Waals surface area contributed by atoms with E-state index in [1.54, 1.807) is 20.8 Å². The van der Waals surface area contributed by atoms with Gasteiger partial charge in [0.05, 0.1) is 0 Å². The van der Waals surface area contributed by atoms with Crippen molar-refractivity contribution >= 4 is 21.9 Å². The molecule has 0 bridgehead atoms. The maximum absolute atomic E-state index is 11.5.